The number of aliphatic hydroxyl groups is 2. The predicted octanol–water partition coefficient (Wildman–Crippen LogP) is 4.68. The maximum Gasteiger partial charge on any atom is 0.186 e. The van der Waals surface area contributed by atoms with Crippen LogP contribution >= 0.6 is 0 Å². The van der Waals surface area contributed by atoms with E-state index in [0.29, 0.717) is 0 Å². The molecule has 27 heavy (non-hydrogen) atoms. The SMILES string of the molecule is CCC(CC)(c1cc(C)c(OCO)c(C)c1)c1cc(C)c(OCO)c(C)c1. The monoisotopic (exact) mass is 372 g/mol. The molecule has 2 rings (SSSR count). The van der Waals surface area contributed by atoms with Crippen LogP contribution in [0.5, 0.6) is 11.5 Å². The van der Waals surface area contributed by atoms with Crippen molar-refractivity contribution in [3.05, 3.63) is 57.6 Å². The van der Waals surface area contributed by atoms with Gasteiger partial charge in [-0.3, -0.25) is 0 Å². The third-order valence-corrected chi connectivity index (χ3v) is 5.65. The van der Waals surface area contributed by atoms with E-state index >= 15 is 0 Å². The second-order valence-corrected chi connectivity index (χ2v) is 7.21. The molecule has 0 heterocycles. The molecule has 0 unspecified atom stereocenters. The van der Waals surface area contributed by atoms with Gasteiger partial charge in [0.25, 0.3) is 0 Å². The molecule has 0 aliphatic carbocycles. The van der Waals surface area contributed by atoms with Crippen molar-refractivity contribution in [1.29, 1.82) is 0 Å². The Bertz CT molecular complexity index is 681. The summed E-state index contributed by atoms with van der Waals surface area (Å²) in [6, 6.07) is 8.70. The zero-order chi connectivity index (χ0) is 20.2. The molecule has 0 fully saturated rings. The van der Waals surface area contributed by atoms with Crippen molar-refractivity contribution in [3.63, 3.8) is 0 Å². The van der Waals surface area contributed by atoms with Gasteiger partial charge in [-0.25, -0.2) is 0 Å². The van der Waals surface area contributed by atoms with E-state index in [2.05, 4.69) is 38.1 Å². The fourth-order valence-corrected chi connectivity index (χ4v) is 4.27. The zero-order valence-electron chi connectivity index (χ0n) is 17.3. The minimum Gasteiger partial charge on any atom is -0.467 e. The summed E-state index contributed by atoms with van der Waals surface area (Å²) in [5, 5.41) is 18.3. The molecular formula is C23H32O4. The van der Waals surface area contributed by atoms with E-state index in [1.807, 2.05) is 27.7 Å². The molecule has 2 N–H and O–H groups in total. The first-order valence-electron chi connectivity index (χ1n) is 9.55. The molecule has 0 saturated heterocycles. The molecule has 2 aromatic rings. The Morgan fingerprint density at radius 1 is 0.667 bits per heavy atom. The largest absolute Gasteiger partial charge is 0.467 e. The van der Waals surface area contributed by atoms with E-state index in [1.165, 1.54) is 11.1 Å². The summed E-state index contributed by atoms with van der Waals surface area (Å²) in [7, 11) is 0. The summed E-state index contributed by atoms with van der Waals surface area (Å²) in [5.74, 6) is 1.50. The average molecular weight is 373 g/mol. The van der Waals surface area contributed by atoms with E-state index in [0.717, 1.165) is 46.6 Å². The highest BCUT2D eigenvalue weighted by atomic mass is 16.6. The van der Waals surface area contributed by atoms with Gasteiger partial charge < -0.3 is 19.7 Å². The van der Waals surface area contributed by atoms with Crippen molar-refractivity contribution in [2.75, 3.05) is 13.6 Å². The highest BCUT2D eigenvalue weighted by Gasteiger charge is 2.32. The van der Waals surface area contributed by atoms with Gasteiger partial charge in [0.2, 0.25) is 0 Å². The fourth-order valence-electron chi connectivity index (χ4n) is 4.27. The average Bonchev–Trinajstić information content (AvgIpc) is 2.63. The number of rotatable bonds is 8. The Morgan fingerprint density at radius 3 is 1.19 bits per heavy atom. The lowest BCUT2D eigenvalue weighted by atomic mass is 9.69. The molecule has 0 aromatic heterocycles. The van der Waals surface area contributed by atoms with Crippen molar-refractivity contribution in [1.82, 2.24) is 0 Å². The van der Waals surface area contributed by atoms with Crippen LogP contribution in [0.2, 0.25) is 0 Å². The minimum atomic E-state index is -0.321. The van der Waals surface area contributed by atoms with E-state index in [1.54, 1.807) is 0 Å². The first kappa shape index (κ1) is 21.3. The van der Waals surface area contributed by atoms with Gasteiger partial charge in [-0.15, -0.1) is 0 Å². The highest BCUT2D eigenvalue weighted by molar-refractivity contribution is 5.52. The Morgan fingerprint density at radius 2 is 0.963 bits per heavy atom. The molecule has 0 saturated carbocycles. The number of aryl methyl sites for hydroxylation is 4. The standard InChI is InChI=1S/C23H32O4/c1-7-23(8-2,19-9-15(3)21(26-13-24)16(4)10-19)20-11-17(5)22(27-14-25)18(6)12-20/h9-12,24-25H,7-8,13-14H2,1-6H3. The number of aliphatic hydroxyl groups excluding tert-OH is 2. The molecule has 0 aliphatic rings. The predicted molar refractivity (Wildman–Crippen MR) is 109 cm³/mol. The molecule has 4 nitrogen and oxygen atoms in total. The molecule has 0 atom stereocenters. The van der Waals surface area contributed by atoms with Gasteiger partial charge in [-0.05, 0) is 73.9 Å². The second-order valence-electron chi connectivity index (χ2n) is 7.21. The number of benzene rings is 2. The summed E-state index contributed by atoms with van der Waals surface area (Å²) in [6.07, 6.45) is 1.92. The molecule has 4 heteroatoms. The van der Waals surface area contributed by atoms with Crippen LogP contribution in [-0.2, 0) is 5.41 Å². The van der Waals surface area contributed by atoms with Crippen LogP contribution < -0.4 is 9.47 Å². The summed E-state index contributed by atoms with van der Waals surface area (Å²) in [6.45, 7) is 11.9. The highest BCUT2D eigenvalue weighted by Crippen LogP contribution is 2.43. The van der Waals surface area contributed by atoms with Crippen LogP contribution in [0, 0.1) is 27.7 Å². The van der Waals surface area contributed by atoms with Crippen LogP contribution in [0.25, 0.3) is 0 Å². The third-order valence-electron chi connectivity index (χ3n) is 5.65. The summed E-state index contributed by atoms with van der Waals surface area (Å²) >= 11 is 0. The van der Waals surface area contributed by atoms with Crippen LogP contribution in [0.4, 0.5) is 0 Å². The number of ether oxygens (including phenoxy) is 2. The first-order chi connectivity index (χ1) is 12.8. The molecule has 148 valence electrons. The van der Waals surface area contributed by atoms with Crippen molar-refractivity contribution < 1.29 is 19.7 Å². The van der Waals surface area contributed by atoms with Crippen LogP contribution in [0.15, 0.2) is 24.3 Å². The fraction of sp³-hybridized carbons (Fsp3) is 0.478. The maximum absolute atomic E-state index is 9.15. The lowest BCUT2D eigenvalue weighted by molar-refractivity contribution is 0.0968. The quantitative estimate of drug-likeness (QED) is 0.660. The molecule has 0 amide bonds. The summed E-state index contributed by atoms with van der Waals surface area (Å²) in [5.41, 5.74) is 6.49. The van der Waals surface area contributed by atoms with Crippen molar-refractivity contribution in [2.24, 2.45) is 0 Å². The molecule has 0 bridgehead atoms. The van der Waals surface area contributed by atoms with Gasteiger partial charge >= 0.3 is 0 Å². The lowest BCUT2D eigenvalue weighted by Crippen LogP contribution is -2.27. The molecule has 0 aliphatic heterocycles. The smallest absolute Gasteiger partial charge is 0.186 e. The van der Waals surface area contributed by atoms with Crippen LogP contribution in [0.3, 0.4) is 0 Å². The number of hydrogen-bond donors (Lipinski definition) is 2. The molecular weight excluding hydrogens is 340 g/mol. The molecule has 0 radical (unpaired) electrons. The van der Waals surface area contributed by atoms with Gasteiger partial charge in [0, 0.05) is 5.41 Å². The first-order valence-corrected chi connectivity index (χ1v) is 9.55. The number of hydrogen-bond acceptors (Lipinski definition) is 4. The summed E-state index contributed by atoms with van der Waals surface area (Å²) < 4.78 is 10.8. The topological polar surface area (TPSA) is 58.9 Å². The Labute approximate surface area is 162 Å². The second kappa shape index (κ2) is 8.77. The molecule has 2 aromatic carbocycles. The Hall–Kier alpha value is -2.04. The van der Waals surface area contributed by atoms with Crippen LogP contribution in [-0.4, -0.2) is 23.8 Å². The van der Waals surface area contributed by atoms with Gasteiger partial charge in [0.1, 0.15) is 11.5 Å². The Kier molecular flexibility index (Phi) is 6.90. The normalized spacial score (nSPS) is 11.6. The summed E-state index contributed by atoms with van der Waals surface area (Å²) in [4.78, 5) is 0. The zero-order valence-corrected chi connectivity index (χ0v) is 17.3. The van der Waals surface area contributed by atoms with Gasteiger partial charge in [-0.2, -0.15) is 0 Å². The van der Waals surface area contributed by atoms with Crippen molar-refractivity contribution in [2.45, 2.75) is 59.8 Å². The molecule has 0 spiro atoms. The van der Waals surface area contributed by atoms with E-state index in [4.69, 9.17) is 19.7 Å². The maximum atomic E-state index is 9.15. The van der Waals surface area contributed by atoms with Crippen LogP contribution in [0.1, 0.15) is 60.1 Å². The van der Waals surface area contributed by atoms with Crippen molar-refractivity contribution >= 4 is 0 Å². The lowest BCUT2D eigenvalue weighted by Gasteiger charge is -2.35. The third kappa shape index (κ3) is 3.97. The minimum absolute atomic E-state index is 0.124. The van der Waals surface area contributed by atoms with Gasteiger partial charge in [0.05, 0.1) is 0 Å². The van der Waals surface area contributed by atoms with Gasteiger partial charge in [-0.1, -0.05) is 38.1 Å². The van der Waals surface area contributed by atoms with Crippen molar-refractivity contribution in [3.8, 4) is 11.5 Å². The van der Waals surface area contributed by atoms with E-state index < -0.39 is 0 Å². The van der Waals surface area contributed by atoms with Gasteiger partial charge in [0.15, 0.2) is 13.6 Å². The van der Waals surface area contributed by atoms with E-state index in [-0.39, 0.29) is 19.0 Å². The Balaban J connectivity index is 2.66. The van der Waals surface area contributed by atoms with E-state index in [9.17, 15) is 0 Å².